The predicted molar refractivity (Wildman–Crippen MR) is 274 cm³/mol. The van der Waals surface area contributed by atoms with Crippen LogP contribution in [-0.2, 0) is 0 Å². The van der Waals surface area contributed by atoms with Crippen LogP contribution in [0, 0.1) is 0 Å². The van der Waals surface area contributed by atoms with Crippen molar-refractivity contribution in [3.05, 3.63) is 231 Å². The molecule has 2 aliphatic rings. The Morgan fingerprint density at radius 1 is 0.294 bits per heavy atom. The topological polar surface area (TPSA) is 60.6 Å². The van der Waals surface area contributed by atoms with Crippen LogP contribution in [0.25, 0.3) is 67.0 Å². The minimum atomic E-state index is 0.763. The van der Waals surface area contributed by atoms with Gasteiger partial charge in [-0.15, -0.1) is 0 Å². The Bertz CT molecular complexity index is 3600. The quantitative estimate of drug-likeness (QED) is 0.166. The number of benzene rings is 10. The maximum Gasteiger partial charge on any atom is 0.151 e. The van der Waals surface area contributed by atoms with Crippen LogP contribution in [-0.4, -0.2) is 19.1 Å². The third-order valence-corrected chi connectivity index (χ3v) is 13.0. The molecule has 4 heterocycles. The first-order valence-electron chi connectivity index (χ1n) is 22.7. The molecule has 10 aromatic carbocycles. The van der Waals surface area contributed by atoms with E-state index in [1.807, 2.05) is 48.5 Å². The minimum absolute atomic E-state index is 0.763. The largest absolute Gasteiger partial charge is 0.453 e. The first kappa shape index (κ1) is 37.9. The van der Waals surface area contributed by atoms with Crippen molar-refractivity contribution in [1.29, 1.82) is 0 Å². The van der Waals surface area contributed by atoms with E-state index in [4.69, 9.17) is 19.4 Å². The Hall–Kier alpha value is -9.40. The molecule has 12 aromatic rings. The van der Waals surface area contributed by atoms with Gasteiger partial charge in [0.1, 0.15) is 11.6 Å². The summed E-state index contributed by atoms with van der Waals surface area (Å²) in [6, 6.07) is 80.1. The monoisotopic (exact) mass is 874 g/mol. The van der Waals surface area contributed by atoms with Crippen LogP contribution >= 0.6 is 0 Å². The van der Waals surface area contributed by atoms with Crippen LogP contribution in [0.4, 0.5) is 34.1 Å². The van der Waals surface area contributed by atoms with Gasteiger partial charge in [0.2, 0.25) is 0 Å². The molecule has 0 bridgehead atoms. The number of hydrogen-bond donors (Lipinski definition) is 0. The van der Waals surface area contributed by atoms with E-state index in [1.54, 1.807) is 0 Å². The number of para-hydroxylation sites is 14. The number of imidazole rings is 2. The number of hydrogen-bond acceptors (Lipinski definition) is 6. The number of anilines is 6. The molecule has 2 aromatic heterocycles. The van der Waals surface area contributed by atoms with Crippen LogP contribution in [0.1, 0.15) is 0 Å². The lowest BCUT2D eigenvalue weighted by Crippen LogP contribution is -2.18. The number of ether oxygens (including phenoxy) is 2. The SMILES string of the molecule is c1ccc(-n2c(-c3cc(N4c5ccccc5Oc5ccccc54)c4cc(-c5nc6ccccc6n5-c5ccccc5)cc(N5c6ccccc6Oc6ccccc65)c4c3)nc3ccccc32)cc1. The fourth-order valence-electron chi connectivity index (χ4n) is 10.1. The lowest BCUT2D eigenvalue weighted by molar-refractivity contribution is 0.477. The number of aromatic nitrogens is 4. The normalized spacial score (nSPS) is 12.6. The molecule has 0 atom stereocenters. The van der Waals surface area contributed by atoms with E-state index in [0.29, 0.717) is 0 Å². The van der Waals surface area contributed by atoms with E-state index >= 15 is 0 Å². The molecular weight excluding hydrogens is 837 g/mol. The number of rotatable bonds is 6. The van der Waals surface area contributed by atoms with Crippen LogP contribution in [0.3, 0.4) is 0 Å². The lowest BCUT2D eigenvalue weighted by atomic mass is 9.96. The molecule has 8 heteroatoms. The zero-order valence-corrected chi connectivity index (χ0v) is 36.4. The fraction of sp³-hybridized carbons (Fsp3) is 0. The Labute approximate surface area is 391 Å². The van der Waals surface area contributed by atoms with Gasteiger partial charge in [0.25, 0.3) is 0 Å². The molecule has 0 spiro atoms. The smallest absolute Gasteiger partial charge is 0.151 e. The molecule has 68 heavy (non-hydrogen) atoms. The van der Waals surface area contributed by atoms with E-state index in [-0.39, 0.29) is 0 Å². The predicted octanol–water partition coefficient (Wildman–Crippen LogP) is 16.0. The van der Waals surface area contributed by atoms with Gasteiger partial charge in [-0.1, -0.05) is 109 Å². The van der Waals surface area contributed by atoms with Crippen molar-refractivity contribution < 1.29 is 9.47 Å². The van der Waals surface area contributed by atoms with E-state index in [0.717, 1.165) is 124 Å². The summed E-state index contributed by atoms with van der Waals surface area (Å²) in [7, 11) is 0. The van der Waals surface area contributed by atoms with Gasteiger partial charge in [0, 0.05) is 33.3 Å². The van der Waals surface area contributed by atoms with Crippen molar-refractivity contribution in [2.24, 2.45) is 0 Å². The van der Waals surface area contributed by atoms with E-state index in [2.05, 4.69) is 201 Å². The highest BCUT2D eigenvalue weighted by molar-refractivity contribution is 6.12. The number of nitrogens with zero attached hydrogens (tertiary/aromatic N) is 6. The van der Waals surface area contributed by atoms with Crippen LogP contribution in [0.2, 0.25) is 0 Å². The molecule has 0 N–H and O–H groups in total. The molecule has 0 fully saturated rings. The summed E-state index contributed by atoms with van der Waals surface area (Å²) in [6.45, 7) is 0. The summed E-state index contributed by atoms with van der Waals surface area (Å²) in [5.74, 6) is 4.69. The average molecular weight is 875 g/mol. The lowest BCUT2D eigenvalue weighted by Gasteiger charge is -2.36. The van der Waals surface area contributed by atoms with Gasteiger partial charge in [-0.2, -0.15) is 0 Å². The second-order valence-electron chi connectivity index (χ2n) is 17.0. The van der Waals surface area contributed by atoms with E-state index in [9.17, 15) is 0 Å². The van der Waals surface area contributed by atoms with Crippen LogP contribution in [0.15, 0.2) is 231 Å². The summed E-state index contributed by atoms with van der Waals surface area (Å²) in [5, 5.41) is 2.01. The minimum Gasteiger partial charge on any atom is -0.453 e. The molecule has 320 valence electrons. The van der Waals surface area contributed by atoms with Crippen LogP contribution in [0.5, 0.6) is 23.0 Å². The van der Waals surface area contributed by atoms with Gasteiger partial charge in [-0.25, -0.2) is 9.97 Å². The maximum atomic E-state index is 6.67. The molecule has 2 aliphatic heterocycles. The van der Waals surface area contributed by atoms with E-state index < -0.39 is 0 Å². The molecule has 8 nitrogen and oxygen atoms in total. The molecule has 0 saturated carbocycles. The molecule has 0 amide bonds. The summed E-state index contributed by atoms with van der Waals surface area (Å²) in [4.78, 5) is 15.6. The van der Waals surface area contributed by atoms with Crippen LogP contribution < -0.4 is 19.3 Å². The number of fused-ring (bicyclic) bond motifs is 7. The molecule has 0 unspecified atom stereocenters. The van der Waals surface area contributed by atoms with Crippen molar-refractivity contribution in [1.82, 2.24) is 19.1 Å². The first-order valence-corrected chi connectivity index (χ1v) is 22.7. The van der Waals surface area contributed by atoms with E-state index in [1.165, 1.54) is 0 Å². The summed E-state index contributed by atoms with van der Waals surface area (Å²) >= 11 is 0. The second kappa shape index (κ2) is 15.1. The summed E-state index contributed by atoms with van der Waals surface area (Å²) in [5.41, 5.74) is 13.4. The zero-order valence-electron chi connectivity index (χ0n) is 36.4. The average Bonchev–Trinajstić information content (AvgIpc) is 3.99. The van der Waals surface area contributed by atoms with Crippen molar-refractivity contribution in [3.63, 3.8) is 0 Å². The highest BCUT2D eigenvalue weighted by Gasteiger charge is 2.32. The standard InChI is InChI=1S/C60H38N6O2/c1-3-19-41(20-4-1)63-47-25-9-7-23-45(47)61-59(63)39-35-43-44(53(37-39)65-49-27-11-15-31-55(49)67-56-32-16-12-28-50(56)65)36-40(60-62-46-24-8-10-26-48(46)64(60)42-21-5-2-6-22-42)38-54(43)66-51-29-13-17-33-57(51)68-58-34-18-14-30-52(58)66/h1-38H. The summed E-state index contributed by atoms with van der Waals surface area (Å²) < 4.78 is 17.9. The zero-order chi connectivity index (χ0) is 44.7. The third kappa shape index (κ3) is 5.87. The van der Waals surface area contributed by atoms with Crippen molar-refractivity contribution in [2.75, 3.05) is 9.80 Å². The van der Waals surface area contributed by atoms with Gasteiger partial charge in [0.05, 0.1) is 56.2 Å². The van der Waals surface area contributed by atoms with Gasteiger partial charge >= 0.3 is 0 Å². The highest BCUT2D eigenvalue weighted by Crippen LogP contribution is 2.56. The van der Waals surface area contributed by atoms with Gasteiger partial charge in [-0.05, 0) is 121 Å². The highest BCUT2D eigenvalue weighted by atomic mass is 16.5. The molecule has 0 saturated heterocycles. The Balaban J connectivity index is 1.16. The second-order valence-corrected chi connectivity index (χ2v) is 17.0. The van der Waals surface area contributed by atoms with Crippen molar-refractivity contribution in [2.45, 2.75) is 0 Å². The maximum absolute atomic E-state index is 6.67. The Morgan fingerprint density at radius 2 is 0.618 bits per heavy atom. The Kier molecular flexibility index (Phi) is 8.41. The molecule has 0 radical (unpaired) electrons. The molecular formula is C60H38N6O2. The Morgan fingerprint density at radius 3 is 1.00 bits per heavy atom. The van der Waals surface area contributed by atoms with Crippen molar-refractivity contribution >= 4 is 67.0 Å². The first-order chi connectivity index (χ1) is 33.7. The molecule has 0 aliphatic carbocycles. The third-order valence-electron chi connectivity index (χ3n) is 13.0. The van der Waals surface area contributed by atoms with Gasteiger partial charge in [-0.3, -0.25) is 9.13 Å². The molecule has 14 rings (SSSR count). The fourth-order valence-corrected chi connectivity index (χ4v) is 10.1. The summed E-state index contributed by atoms with van der Waals surface area (Å²) in [6.07, 6.45) is 0. The van der Waals surface area contributed by atoms with Gasteiger partial charge < -0.3 is 19.3 Å². The van der Waals surface area contributed by atoms with Crippen molar-refractivity contribution in [3.8, 4) is 57.1 Å². The van der Waals surface area contributed by atoms with Gasteiger partial charge in [0.15, 0.2) is 23.0 Å².